The zero-order valence-electron chi connectivity index (χ0n) is 13.7. The van der Waals surface area contributed by atoms with Crippen LogP contribution >= 0.6 is 0 Å². The summed E-state index contributed by atoms with van der Waals surface area (Å²) in [7, 11) is 0. The van der Waals surface area contributed by atoms with Gasteiger partial charge in [0.1, 0.15) is 0 Å². The number of hydrogen-bond acceptors (Lipinski definition) is 2. The van der Waals surface area contributed by atoms with Gasteiger partial charge in [0.25, 0.3) is 0 Å². The fraction of sp³-hybridized carbons (Fsp3) is 0.684. The predicted molar refractivity (Wildman–Crippen MR) is 89.3 cm³/mol. The van der Waals surface area contributed by atoms with E-state index in [-0.39, 0.29) is 0 Å². The van der Waals surface area contributed by atoms with Crippen LogP contribution in [0.3, 0.4) is 0 Å². The minimum atomic E-state index is 0.729. The van der Waals surface area contributed by atoms with Crippen molar-refractivity contribution in [1.29, 1.82) is 0 Å². The molecule has 1 aromatic carbocycles. The SMILES string of the molecule is CCCCC(CC)COCc1ccc(CNC2CC2)cc1. The molecule has 1 saturated carbocycles. The molecule has 0 aromatic heterocycles. The lowest BCUT2D eigenvalue weighted by atomic mass is 10.0. The molecule has 1 unspecified atom stereocenters. The van der Waals surface area contributed by atoms with Crippen molar-refractivity contribution in [2.75, 3.05) is 6.61 Å². The van der Waals surface area contributed by atoms with E-state index in [0.29, 0.717) is 0 Å². The Labute approximate surface area is 130 Å². The summed E-state index contributed by atoms with van der Waals surface area (Å²) in [4.78, 5) is 0. The molecule has 2 nitrogen and oxygen atoms in total. The highest BCUT2D eigenvalue weighted by Crippen LogP contribution is 2.19. The van der Waals surface area contributed by atoms with Gasteiger partial charge in [0, 0.05) is 19.2 Å². The Morgan fingerprint density at radius 3 is 2.48 bits per heavy atom. The topological polar surface area (TPSA) is 21.3 Å². The Kier molecular flexibility index (Phi) is 7.25. The maximum atomic E-state index is 5.90. The number of nitrogens with one attached hydrogen (secondary N) is 1. The number of hydrogen-bond donors (Lipinski definition) is 1. The Bertz CT molecular complexity index is 383. The zero-order chi connectivity index (χ0) is 14.9. The average molecular weight is 289 g/mol. The summed E-state index contributed by atoms with van der Waals surface area (Å²) >= 11 is 0. The second-order valence-electron chi connectivity index (χ2n) is 6.40. The largest absolute Gasteiger partial charge is 0.376 e. The van der Waals surface area contributed by atoms with Crippen LogP contribution in [0.1, 0.15) is 63.5 Å². The Morgan fingerprint density at radius 2 is 1.86 bits per heavy atom. The van der Waals surface area contributed by atoms with E-state index in [9.17, 15) is 0 Å². The van der Waals surface area contributed by atoms with Crippen molar-refractivity contribution >= 4 is 0 Å². The van der Waals surface area contributed by atoms with Crippen molar-refractivity contribution < 1.29 is 4.74 Å². The number of benzene rings is 1. The van der Waals surface area contributed by atoms with Gasteiger partial charge in [0.2, 0.25) is 0 Å². The summed E-state index contributed by atoms with van der Waals surface area (Å²) in [6, 6.07) is 9.64. The lowest BCUT2D eigenvalue weighted by molar-refractivity contribution is 0.0820. The van der Waals surface area contributed by atoms with Crippen LogP contribution < -0.4 is 5.32 Å². The number of rotatable bonds is 11. The maximum absolute atomic E-state index is 5.90. The molecule has 21 heavy (non-hydrogen) atoms. The van der Waals surface area contributed by atoms with Gasteiger partial charge in [-0.05, 0) is 36.3 Å². The van der Waals surface area contributed by atoms with Crippen molar-refractivity contribution in [2.45, 2.75) is 71.6 Å². The molecule has 1 N–H and O–H groups in total. The molecule has 0 bridgehead atoms. The monoisotopic (exact) mass is 289 g/mol. The molecule has 0 saturated heterocycles. The number of unbranched alkanes of at least 4 members (excludes halogenated alkanes) is 1. The smallest absolute Gasteiger partial charge is 0.0717 e. The zero-order valence-corrected chi connectivity index (χ0v) is 13.7. The van der Waals surface area contributed by atoms with Gasteiger partial charge in [-0.2, -0.15) is 0 Å². The first-order chi connectivity index (χ1) is 10.3. The van der Waals surface area contributed by atoms with E-state index in [0.717, 1.165) is 31.7 Å². The highest BCUT2D eigenvalue weighted by atomic mass is 16.5. The second kappa shape index (κ2) is 9.22. The Morgan fingerprint density at radius 1 is 1.14 bits per heavy atom. The third kappa shape index (κ3) is 6.62. The third-order valence-corrected chi connectivity index (χ3v) is 4.36. The van der Waals surface area contributed by atoms with Crippen molar-refractivity contribution in [3.63, 3.8) is 0 Å². The molecule has 1 fully saturated rings. The number of ether oxygens (including phenoxy) is 1. The molecule has 1 aromatic rings. The lowest BCUT2D eigenvalue weighted by Gasteiger charge is -2.14. The fourth-order valence-electron chi connectivity index (χ4n) is 2.54. The fourth-order valence-corrected chi connectivity index (χ4v) is 2.54. The van der Waals surface area contributed by atoms with Gasteiger partial charge in [-0.25, -0.2) is 0 Å². The van der Waals surface area contributed by atoms with Gasteiger partial charge in [0.15, 0.2) is 0 Å². The van der Waals surface area contributed by atoms with E-state index >= 15 is 0 Å². The normalized spacial score (nSPS) is 16.1. The van der Waals surface area contributed by atoms with E-state index in [1.54, 1.807) is 0 Å². The quantitative estimate of drug-likeness (QED) is 0.639. The van der Waals surface area contributed by atoms with Crippen LogP contribution in [0.25, 0.3) is 0 Å². The lowest BCUT2D eigenvalue weighted by Crippen LogP contribution is -2.15. The first-order valence-electron chi connectivity index (χ1n) is 8.70. The molecule has 1 aliphatic rings. The minimum absolute atomic E-state index is 0.729. The summed E-state index contributed by atoms with van der Waals surface area (Å²) in [5.41, 5.74) is 2.66. The van der Waals surface area contributed by atoms with Crippen LogP contribution in [0.4, 0.5) is 0 Å². The maximum Gasteiger partial charge on any atom is 0.0717 e. The standard InChI is InChI=1S/C19H31NO/c1-3-5-6-16(4-2)14-21-15-18-9-7-17(8-10-18)13-20-19-11-12-19/h7-10,16,19-20H,3-6,11-15H2,1-2H3. The van der Waals surface area contributed by atoms with E-state index in [4.69, 9.17) is 4.74 Å². The van der Waals surface area contributed by atoms with Crippen LogP contribution in [-0.2, 0) is 17.9 Å². The van der Waals surface area contributed by atoms with Gasteiger partial charge in [-0.3, -0.25) is 0 Å². The molecule has 1 atom stereocenters. The molecular formula is C19H31NO. The highest BCUT2D eigenvalue weighted by molar-refractivity contribution is 5.22. The van der Waals surface area contributed by atoms with Gasteiger partial charge >= 0.3 is 0 Å². The second-order valence-corrected chi connectivity index (χ2v) is 6.40. The van der Waals surface area contributed by atoms with Crippen molar-refractivity contribution in [1.82, 2.24) is 5.32 Å². The van der Waals surface area contributed by atoms with E-state index < -0.39 is 0 Å². The van der Waals surface area contributed by atoms with Crippen LogP contribution in [0.15, 0.2) is 24.3 Å². The molecular weight excluding hydrogens is 258 g/mol. The Balaban J connectivity index is 1.64. The van der Waals surface area contributed by atoms with Crippen molar-refractivity contribution in [3.8, 4) is 0 Å². The molecule has 0 amide bonds. The van der Waals surface area contributed by atoms with Gasteiger partial charge in [-0.15, -0.1) is 0 Å². The molecule has 0 spiro atoms. The molecule has 1 aliphatic carbocycles. The van der Waals surface area contributed by atoms with Gasteiger partial charge in [0.05, 0.1) is 6.61 Å². The predicted octanol–water partition coefficient (Wildman–Crippen LogP) is 4.67. The van der Waals surface area contributed by atoms with Gasteiger partial charge < -0.3 is 10.1 Å². The first kappa shape index (κ1) is 16.5. The van der Waals surface area contributed by atoms with Crippen LogP contribution in [0, 0.1) is 5.92 Å². The van der Waals surface area contributed by atoms with Crippen molar-refractivity contribution in [2.24, 2.45) is 5.92 Å². The minimum Gasteiger partial charge on any atom is -0.376 e. The summed E-state index contributed by atoms with van der Waals surface area (Å²) in [6.07, 6.45) is 7.84. The average Bonchev–Trinajstić information content (AvgIpc) is 3.34. The van der Waals surface area contributed by atoms with E-state index in [2.05, 4.69) is 43.4 Å². The summed E-state index contributed by atoms with van der Waals surface area (Å²) < 4.78 is 5.90. The first-order valence-corrected chi connectivity index (χ1v) is 8.70. The Hall–Kier alpha value is -0.860. The van der Waals surface area contributed by atoms with E-state index in [1.165, 1.54) is 49.7 Å². The van der Waals surface area contributed by atoms with Crippen LogP contribution in [0.2, 0.25) is 0 Å². The molecule has 0 heterocycles. The molecule has 2 rings (SSSR count). The summed E-state index contributed by atoms with van der Waals surface area (Å²) in [6.45, 7) is 7.18. The third-order valence-electron chi connectivity index (χ3n) is 4.36. The molecule has 0 radical (unpaired) electrons. The molecule has 118 valence electrons. The van der Waals surface area contributed by atoms with Crippen LogP contribution in [0.5, 0.6) is 0 Å². The molecule has 2 heteroatoms. The summed E-state index contributed by atoms with van der Waals surface area (Å²) in [5, 5.41) is 3.55. The van der Waals surface area contributed by atoms with E-state index in [1.807, 2.05) is 0 Å². The highest BCUT2D eigenvalue weighted by Gasteiger charge is 2.19. The summed E-state index contributed by atoms with van der Waals surface area (Å²) in [5.74, 6) is 0.729. The molecule has 0 aliphatic heterocycles. The van der Waals surface area contributed by atoms with Gasteiger partial charge in [-0.1, -0.05) is 57.4 Å². The van der Waals surface area contributed by atoms with Crippen LogP contribution in [-0.4, -0.2) is 12.6 Å². The van der Waals surface area contributed by atoms with Crippen molar-refractivity contribution in [3.05, 3.63) is 35.4 Å².